The Hall–Kier alpha value is -0.360. The quantitative estimate of drug-likeness (QED) is 0.0697. The molecule has 0 atom stereocenters. The Morgan fingerprint density at radius 2 is 0.862 bits per heavy atom. The van der Waals surface area contributed by atoms with E-state index in [0.717, 1.165) is 6.42 Å². The lowest BCUT2D eigenvalue weighted by Crippen LogP contribution is -1.82. The summed E-state index contributed by atoms with van der Waals surface area (Å²) in [6.45, 7) is 2.92. The second-order valence-electron chi connectivity index (χ2n) is 5.32. The smallest absolute Gasteiger partial charge is 0.303 e. The highest BCUT2D eigenvalue weighted by Crippen LogP contribution is 2.26. The van der Waals surface area contributed by atoms with Crippen LogP contribution in [-0.2, 0) is 13.7 Å². The number of unbranched alkanes of at least 4 members (excludes halogenated alkanes) is 8. The van der Waals surface area contributed by atoms with E-state index in [4.69, 9.17) is 63.3 Å². The third-order valence-electron chi connectivity index (χ3n) is 2.42. The van der Waals surface area contributed by atoms with Gasteiger partial charge in [0.1, 0.15) is 0 Å². The summed E-state index contributed by atoms with van der Waals surface area (Å²) in [7, 11) is -13.9. The van der Waals surface area contributed by atoms with Crippen LogP contribution < -0.4 is 0 Å². The molecule has 0 aromatic rings. The van der Waals surface area contributed by atoms with E-state index in [9.17, 15) is 0 Å². The highest BCUT2D eigenvalue weighted by molar-refractivity contribution is 7.45. The van der Waals surface area contributed by atoms with Crippen LogP contribution in [0, 0.1) is 0 Å². The molecule has 0 bridgehead atoms. The van der Waals surface area contributed by atoms with Gasteiger partial charge >= 0.3 is 23.5 Å². The Morgan fingerprint density at radius 1 is 0.621 bits per heavy atom. The number of hydrogen-bond donors (Lipinski definition) is 9. The molecular formula is C11H32N3O12P3. The molecule has 0 spiro atoms. The largest absolute Gasteiger partial charge is 0.466 e. The predicted molar refractivity (Wildman–Crippen MR) is 104 cm³/mol. The van der Waals surface area contributed by atoms with E-state index >= 15 is 0 Å². The average Bonchev–Trinajstić information content (AvgIpc) is 2.44. The maximum absolute atomic E-state index is 8.88. The minimum atomic E-state index is -4.64. The van der Waals surface area contributed by atoms with Crippen molar-refractivity contribution in [2.45, 2.75) is 64.7 Å². The molecular weight excluding hydrogens is 459 g/mol. The Morgan fingerprint density at radius 3 is 1.10 bits per heavy atom. The fourth-order valence-electron chi connectivity index (χ4n) is 1.54. The van der Waals surface area contributed by atoms with Gasteiger partial charge in [-0.1, -0.05) is 63.4 Å². The second kappa shape index (κ2) is 22.3. The van der Waals surface area contributed by atoms with Gasteiger partial charge in [-0.15, -0.1) is 0 Å². The van der Waals surface area contributed by atoms with E-state index in [-0.39, 0.29) is 0 Å². The van der Waals surface area contributed by atoms with Crippen molar-refractivity contribution < 1.29 is 57.7 Å². The minimum Gasteiger partial charge on any atom is -0.303 e. The zero-order valence-corrected chi connectivity index (χ0v) is 18.7. The third kappa shape index (κ3) is 161. The molecule has 0 saturated heterocycles. The molecule has 0 aromatic carbocycles. The molecule has 15 nitrogen and oxygen atoms in total. The maximum atomic E-state index is 8.88. The molecule has 178 valence electrons. The van der Waals surface area contributed by atoms with Crippen LogP contribution in [0.3, 0.4) is 0 Å². The molecule has 18 heteroatoms. The fraction of sp³-hybridized carbons (Fsp3) is 1.00. The molecule has 0 aliphatic rings. The molecule has 0 aliphatic carbocycles. The predicted octanol–water partition coefficient (Wildman–Crippen LogP) is 2.04. The van der Waals surface area contributed by atoms with Crippen LogP contribution in [0.1, 0.15) is 64.7 Å². The van der Waals surface area contributed by atoms with E-state index in [0.29, 0.717) is 6.54 Å². The summed E-state index contributed by atoms with van der Waals surface area (Å²) in [5.74, 6) is 0. The highest BCUT2D eigenvalue weighted by atomic mass is 31.2. The van der Waals surface area contributed by atoms with E-state index < -0.39 is 23.5 Å². The Labute approximate surface area is 168 Å². The summed E-state index contributed by atoms with van der Waals surface area (Å²) in [6.07, 6.45) is 11.8. The molecule has 0 heterocycles. The first-order valence-electron chi connectivity index (χ1n) is 8.27. The van der Waals surface area contributed by atoms with Crippen LogP contribution in [0.15, 0.2) is 5.11 Å². The van der Waals surface area contributed by atoms with Crippen LogP contribution >= 0.6 is 23.5 Å². The lowest BCUT2D eigenvalue weighted by atomic mass is 10.1. The van der Waals surface area contributed by atoms with Gasteiger partial charge < -0.3 is 44.0 Å². The number of hydrogen-bond acceptors (Lipinski definition) is 4. The van der Waals surface area contributed by atoms with Crippen molar-refractivity contribution >= 4 is 23.5 Å². The van der Waals surface area contributed by atoms with E-state index in [2.05, 4.69) is 16.9 Å². The summed E-state index contributed by atoms with van der Waals surface area (Å²) >= 11 is 0. The van der Waals surface area contributed by atoms with Crippen LogP contribution in [0.2, 0.25) is 0 Å². The van der Waals surface area contributed by atoms with Gasteiger partial charge in [-0.3, -0.25) is 0 Å². The summed E-state index contributed by atoms with van der Waals surface area (Å²) < 4.78 is 26.6. The molecule has 9 N–H and O–H groups in total. The second-order valence-corrected chi connectivity index (χ2v) is 8.40. The van der Waals surface area contributed by atoms with Crippen molar-refractivity contribution in [2.75, 3.05) is 6.54 Å². The average molecular weight is 491 g/mol. The summed E-state index contributed by atoms with van der Waals surface area (Å²) in [6, 6.07) is 0. The van der Waals surface area contributed by atoms with Crippen molar-refractivity contribution in [1.29, 1.82) is 0 Å². The van der Waals surface area contributed by atoms with Gasteiger partial charge in [0, 0.05) is 11.5 Å². The fourth-order valence-corrected chi connectivity index (χ4v) is 1.54. The van der Waals surface area contributed by atoms with Gasteiger partial charge in [-0.05, 0) is 12.0 Å². The molecule has 0 amide bonds. The molecule has 0 rings (SSSR count). The number of phosphoric acid groups is 3. The Bertz CT molecular complexity index is 468. The van der Waals surface area contributed by atoms with Crippen molar-refractivity contribution in [3.8, 4) is 0 Å². The first-order chi connectivity index (χ1) is 12.9. The first kappa shape index (κ1) is 36.0. The van der Waals surface area contributed by atoms with Crippen molar-refractivity contribution in [1.82, 2.24) is 0 Å². The molecule has 0 unspecified atom stereocenters. The Balaban J connectivity index is -0.000000171. The minimum absolute atomic E-state index is 0.673. The SMILES string of the molecule is CCCCCCCCCCCN=[N+]=[N-].O=P(O)(O)O.O=P(O)(O)O.O=P(O)(O)O. The zero-order valence-electron chi connectivity index (χ0n) is 16.0. The monoisotopic (exact) mass is 491 g/mol. The van der Waals surface area contributed by atoms with Crippen LogP contribution in [0.5, 0.6) is 0 Å². The van der Waals surface area contributed by atoms with Crippen LogP contribution in [0.4, 0.5) is 0 Å². The summed E-state index contributed by atoms with van der Waals surface area (Å²) in [5, 5.41) is 3.51. The molecule has 0 aromatic heterocycles. The normalized spacial score (nSPS) is 10.8. The van der Waals surface area contributed by atoms with Gasteiger partial charge in [0.05, 0.1) is 0 Å². The molecule has 0 radical (unpaired) electrons. The third-order valence-corrected chi connectivity index (χ3v) is 2.42. The van der Waals surface area contributed by atoms with E-state index in [1.54, 1.807) is 0 Å². The zero-order chi connectivity index (χ0) is 24.0. The topological polar surface area (TPSA) is 282 Å². The Kier molecular flexibility index (Phi) is 27.7. The van der Waals surface area contributed by atoms with Gasteiger partial charge in [0.15, 0.2) is 0 Å². The number of nitrogens with zero attached hydrogens (tertiary/aromatic N) is 3. The lowest BCUT2D eigenvalue weighted by Gasteiger charge is -1.99. The van der Waals surface area contributed by atoms with Crippen molar-refractivity contribution in [3.63, 3.8) is 0 Å². The molecule has 0 saturated carbocycles. The van der Waals surface area contributed by atoms with Gasteiger partial charge in [-0.25, -0.2) is 13.7 Å². The standard InChI is InChI=1S/C11H23N3.3H3O4P/c1-2-3-4-5-6-7-8-9-10-11-13-14-12;3*1-5(2,3)4/h2-11H2,1H3;3*(H3,1,2,3,4). The van der Waals surface area contributed by atoms with Crippen molar-refractivity contribution in [3.05, 3.63) is 10.4 Å². The van der Waals surface area contributed by atoms with E-state index in [1.807, 2.05) is 0 Å². The van der Waals surface area contributed by atoms with E-state index in [1.165, 1.54) is 51.4 Å². The lowest BCUT2D eigenvalue weighted by molar-refractivity contribution is 0.272. The first-order valence-corrected chi connectivity index (χ1v) is 13.0. The molecule has 0 aliphatic heterocycles. The van der Waals surface area contributed by atoms with Crippen LogP contribution in [0.25, 0.3) is 10.4 Å². The van der Waals surface area contributed by atoms with Gasteiger partial charge in [0.2, 0.25) is 0 Å². The van der Waals surface area contributed by atoms with Crippen LogP contribution in [-0.4, -0.2) is 50.6 Å². The number of azide groups is 1. The van der Waals surface area contributed by atoms with Gasteiger partial charge in [-0.2, -0.15) is 0 Å². The molecule has 0 fully saturated rings. The highest BCUT2D eigenvalue weighted by Gasteiger charge is 2.01. The van der Waals surface area contributed by atoms with Crippen molar-refractivity contribution in [2.24, 2.45) is 5.11 Å². The summed E-state index contributed by atoms with van der Waals surface area (Å²) in [5.41, 5.74) is 8.05. The number of rotatable bonds is 10. The maximum Gasteiger partial charge on any atom is 0.466 e. The summed E-state index contributed by atoms with van der Waals surface area (Å²) in [4.78, 5) is 67.4. The molecule has 29 heavy (non-hydrogen) atoms. The van der Waals surface area contributed by atoms with Gasteiger partial charge in [0.25, 0.3) is 0 Å².